The van der Waals surface area contributed by atoms with Crippen molar-refractivity contribution in [1.82, 2.24) is 9.80 Å². The molecule has 5 rings (SSSR count). The predicted octanol–water partition coefficient (Wildman–Crippen LogP) is 6.32. The van der Waals surface area contributed by atoms with Crippen LogP contribution in [-0.2, 0) is 19.1 Å². The van der Waals surface area contributed by atoms with E-state index in [-0.39, 0.29) is 42.8 Å². The van der Waals surface area contributed by atoms with Gasteiger partial charge in [-0.3, -0.25) is 14.4 Å². The minimum absolute atomic E-state index is 0.0922. The topological polar surface area (TPSA) is 90.4 Å². The number of carbonyl (C=O) groups is 3. The van der Waals surface area contributed by atoms with Crippen molar-refractivity contribution in [2.75, 3.05) is 24.6 Å². The molecule has 3 saturated heterocycles. The molecule has 8 nitrogen and oxygen atoms in total. The van der Waals surface area contributed by atoms with E-state index in [4.69, 9.17) is 4.74 Å². The maximum absolute atomic E-state index is 15.3. The number of likely N-dealkylation sites (tertiary alicyclic amines) is 1. The molecule has 48 heavy (non-hydrogen) atoms. The second kappa shape index (κ2) is 13.3. The SMILES string of the molecule is C=CCN(C(=O)[C@@H]1[C@H]2C(=O)N([C@H](CO)c3ccccc3)C(C(=O)N(CC=C)C(C)(C)CC(C)(C)C)C23CC[C@@]1(CC)O3)c1ccccc1. The zero-order valence-corrected chi connectivity index (χ0v) is 29.5. The van der Waals surface area contributed by atoms with Crippen molar-refractivity contribution in [3.63, 3.8) is 0 Å². The Balaban J connectivity index is 1.69. The summed E-state index contributed by atoms with van der Waals surface area (Å²) >= 11 is 0. The van der Waals surface area contributed by atoms with Crippen molar-refractivity contribution in [2.24, 2.45) is 17.3 Å². The van der Waals surface area contributed by atoms with Crippen LogP contribution in [0.15, 0.2) is 86.0 Å². The van der Waals surface area contributed by atoms with Crippen LogP contribution < -0.4 is 4.90 Å². The molecule has 2 unspecified atom stereocenters. The average molecular weight is 656 g/mol. The molecule has 8 heteroatoms. The van der Waals surface area contributed by atoms with Crippen LogP contribution in [0.25, 0.3) is 0 Å². The largest absolute Gasteiger partial charge is 0.394 e. The molecule has 0 radical (unpaired) electrons. The maximum atomic E-state index is 15.3. The number of benzene rings is 2. The number of hydrogen-bond acceptors (Lipinski definition) is 5. The molecule has 6 atom stereocenters. The third-order valence-corrected chi connectivity index (χ3v) is 10.7. The summed E-state index contributed by atoms with van der Waals surface area (Å²) in [7, 11) is 0. The lowest BCUT2D eigenvalue weighted by Crippen LogP contribution is -2.61. The van der Waals surface area contributed by atoms with E-state index in [9.17, 15) is 9.90 Å². The van der Waals surface area contributed by atoms with Crippen molar-refractivity contribution >= 4 is 23.4 Å². The summed E-state index contributed by atoms with van der Waals surface area (Å²) in [5.41, 5.74) is -1.43. The number of nitrogens with zero attached hydrogens (tertiary/aromatic N) is 3. The van der Waals surface area contributed by atoms with E-state index in [1.54, 1.807) is 22.0 Å². The molecule has 3 amide bonds. The molecule has 258 valence electrons. The van der Waals surface area contributed by atoms with E-state index in [2.05, 4.69) is 47.8 Å². The van der Waals surface area contributed by atoms with E-state index >= 15 is 9.59 Å². The Morgan fingerprint density at radius 3 is 2.12 bits per heavy atom. The summed E-state index contributed by atoms with van der Waals surface area (Å²) in [5, 5.41) is 11.0. The van der Waals surface area contributed by atoms with Crippen LogP contribution in [0.3, 0.4) is 0 Å². The molecule has 0 aliphatic carbocycles. The summed E-state index contributed by atoms with van der Waals surface area (Å²) in [5.74, 6) is -2.52. The highest BCUT2D eigenvalue weighted by atomic mass is 16.5. The van der Waals surface area contributed by atoms with Gasteiger partial charge in [0.05, 0.1) is 30.1 Å². The Kier molecular flexibility index (Phi) is 9.84. The van der Waals surface area contributed by atoms with Crippen LogP contribution in [-0.4, -0.2) is 75.1 Å². The fourth-order valence-electron chi connectivity index (χ4n) is 9.21. The van der Waals surface area contributed by atoms with Gasteiger partial charge in [-0.25, -0.2) is 0 Å². The quantitative estimate of drug-likeness (QED) is 0.255. The van der Waals surface area contributed by atoms with Crippen molar-refractivity contribution in [3.8, 4) is 0 Å². The molecular weight excluding hydrogens is 602 g/mol. The number of aliphatic hydroxyl groups is 1. The van der Waals surface area contributed by atoms with Crippen molar-refractivity contribution in [2.45, 2.75) is 96.1 Å². The number of rotatable bonds is 13. The van der Waals surface area contributed by atoms with Crippen LogP contribution in [0.1, 0.15) is 78.8 Å². The monoisotopic (exact) mass is 655 g/mol. The van der Waals surface area contributed by atoms with E-state index in [0.29, 0.717) is 36.9 Å². The predicted molar refractivity (Wildman–Crippen MR) is 189 cm³/mol. The molecule has 1 spiro atoms. The van der Waals surface area contributed by atoms with Gasteiger partial charge in [0.15, 0.2) is 0 Å². The van der Waals surface area contributed by atoms with Gasteiger partial charge in [0, 0.05) is 24.3 Å². The minimum atomic E-state index is -1.25. The number of fused-ring (bicyclic) bond motifs is 1. The zero-order chi connectivity index (χ0) is 35.1. The zero-order valence-electron chi connectivity index (χ0n) is 29.5. The summed E-state index contributed by atoms with van der Waals surface area (Å²) < 4.78 is 7.13. The smallest absolute Gasteiger partial charge is 0.249 e. The molecule has 2 bridgehead atoms. The number of carbonyl (C=O) groups excluding carboxylic acids is 3. The highest BCUT2D eigenvalue weighted by Gasteiger charge is 2.79. The molecule has 1 N–H and O–H groups in total. The van der Waals surface area contributed by atoms with Gasteiger partial charge in [-0.05, 0) is 62.6 Å². The van der Waals surface area contributed by atoms with Crippen molar-refractivity contribution in [1.29, 1.82) is 0 Å². The first-order valence-corrected chi connectivity index (χ1v) is 17.3. The molecule has 3 aliphatic heterocycles. The average Bonchev–Trinajstić information content (AvgIpc) is 3.66. The Labute approximate surface area is 286 Å². The van der Waals surface area contributed by atoms with E-state index in [0.717, 1.165) is 0 Å². The van der Waals surface area contributed by atoms with Crippen LogP contribution >= 0.6 is 0 Å². The normalized spacial score (nSPS) is 27.0. The van der Waals surface area contributed by atoms with Gasteiger partial charge < -0.3 is 24.5 Å². The number of anilines is 1. The van der Waals surface area contributed by atoms with Gasteiger partial charge in [-0.15, -0.1) is 13.2 Å². The molecule has 3 aliphatic rings. The van der Waals surface area contributed by atoms with E-state index in [1.165, 1.54) is 0 Å². The Hall–Kier alpha value is -3.75. The number of ether oxygens (including phenoxy) is 1. The third-order valence-electron chi connectivity index (χ3n) is 10.7. The second-order valence-corrected chi connectivity index (χ2v) is 15.5. The van der Waals surface area contributed by atoms with Crippen LogP contribution in [0.4, 0.5) is 5.69 Å². The first-order valence-electron chi connectivity index (χ1n) is 17.3. The lowest BCUT2D eigenvalue weighted by molar-refractivity contribution is -0.160. The van der Waals surface area contributed by atoms with Crippen LogP contribution in [0.2, 0.25) is 0 Å². The van der Waals surface area contributed by atoms with Crippen molar-refractivity contribution < 1.29 is 24.2 Å². The highest BCUT2D eigenvalue weighted by molar-refractivity contribution is 6.03. The Morgan fingerprint density at radius 2 is 1.58 bits per heavy atom. The van der Waals surface area contributed by atoms with E-state index < -0.39 is 40.7 Å². The maximum Gasteiger partial charge on any atom is 0.249 e. The van der Waals surface area contributed by atoms with Gasteiger partial charge in [-0.1, -0.05) is 88.4 Å². The standard InChI is InChI=1S/C40H53N3O5/c1-9-24-41(29-20-16-13-17-21-29)34(45)31-32-35(46)43(30(26-44)28-18-14-12-15-19-28)33(40(32)23-22-39(31,11-3)48-40)36(47)42(25-10-2)38(7,8)27-37(4,5)6/h9-10,12-21,30-33,44H,1-2,11,22-27H2,3-8H3/t30-,31+,32+,33?,39-,40?/m1/s1. The molecule has 0 aromatic heterocycles. The molecular formula is C40H53N3O5. The third kappa shape index (κ3) is 5.91. The summed E-state index contributed by atoms with van der Waals surface area (Å²) in [6, 6.07) is 16.9. The van der Waals surface area contributed by atoms with Gasteiger partial charge in [0.1, 0.15) is 11.6 Å². The van der Waals surface area contributed by atoms with Gasteiger partial charge in [0.2, 0.25) is 17.7 Å². The highest BCUT2D eigenvalue weighted by Crippen LogP contribution is 2.65. The fourth-order valence-corrected chi connectivity index (χ4v) is 9.21. The summed E-state index contributed by atoms with van der Waals surface area (Å²) in [6.45, 7) is 20.6. The minimum Gasteiger partial charge on any atom is -0.394 e. The van der Waals surface area contributed by atoms with E-state index in [1.807, 2.05) is 72.5 Å². The first kappa shape index (κ1) is 35.6. The molecule has 2 aromatic rings. The Morgan fingerprint density at radius 1 is 0.979 bits per heavy atom. The molecule has 0 saturated carbocycles. The lowest BCUT2D eigenvalue weighted by atomic mass is 9.64. The Bertz CT molecular complexity index is 1520. The van der Waals surface area contributed by atoms with Gasteiger partial charge in [0.25, 0.3) is 0 Å². The van der Waals surface area contributed by atoms with Gasteiger partial charge in [-0.2, -0.15) is 0 Å². The van der Waals surface area contributed by atoms with Gasteiger partial charge >= 0.3 is 0 Å². The summed E-state index contributed by atoms with van der Waals surface area (Å²) in [6.07, 6.45) is 5.62. The first-order chi connectivity index (χ1) is 22.7. The van der Waals surface area contributed by atoms with Crippen LogP contribution in [0, 0.1) is 17.3 Å². The second-order valence-electron chi connectivity index (χ2n) is 15.5. The number of amides is 3. The number of para-hydroxylation sites is 1. The molecule has 3 heterocycles. The van der Waals surface area contributed by atoms with Crippen molar-refractivity contribution in [3.05, 3.63) is 91.5 Å². The fraction of sp³-hybridized carbons (Fsp3) is 0.525. The molecule has 2 aromatic carbocycles. The molecule has 3 fully saturated rings. The lowest BCUT2D eigenvalue weighted by Gasteiger charge is -2.46. The summed E-state index contributed by atoms with van der Waals surface area (Å²) in [4.78, 5) is 50.5. The number of hydrogen-bond donors (Lipinski definition) is 1. The van der Waals surface area contributed by atoms with Crippen LogP contribution in [0.5, 0.6) is 0 Å². The number of aliphatic hydroxyl groups excluding tert-OH is 1.